The Balaban J connectivity index is 1.52. The number of hydrogen-bond donors (Lipinski definition) is 0. The molecule has 0 saturated heterocycles. The Labute approximate surface area is 170 Å². The summed E-state index contributed by atoms with van der Waals surface area (Å²) in [5.74, 6) is -0.221. The van der Waals surface area contributed by atoms with Gasteiger partial charge in [0.15, 0.2) is 0 Å². The number of benzene rings is 2. The van der Waals surface area contributed by atoms with Crippen molar-refractivity contribution in [3.8, 4) is 0 Å². The quantitative estimate of drug-likeness (QED) is 0.623. The molecule has 1 saturated carbocycles. The number of halogens is 1. The summed E-state index contributed by atoms with van der Waals surface area (Å²) in [4.78, 5) is 19.3. The van der Waals surface area contributed by atoms with Crippen molar-refractivity contribution in [3.63, 3.8) is 0 Å². The van der Waals surface area contributed by atoms with E-state index in [4.69, 9.17) is 0 Å². The molecular formula is C23H25FN4O. The number of carbonyl (C=O) groups is 1. The fraction of sp³-hybridized carbons (Fsp3) is 0.348. The molecule has 3 aromatic rings. The Morgan fingerprint density at radius 2 is 1.69 bits per heavy atom. The third-order valence-electron chi connectivity index (χ3n) is 5.55. The molecule has 0 unspecified atom stereocenters. The predicted molar refractivity (Wildman–Crippen MR) is 109 cm³/mol. The lowest BCUT2D eigenvalue weighted by atomic mass is 9.93. The van der Waals surface area contributed by atoms with Crippen LogP contribution in [-0.2, 0) is 13.1 Å². The van der Waals surface area contributed by atoms with E-state index in [9.17, 15) is 9.18 Å². The van der Waals surface area contributed by atoms with Crippen LogP contribution >= 0.6 is 0 Å². The van der Waals surface area contributed by atoms with Gasteiger partial charge in [0, 0.05) is 18.2 Å². The highest BCUT2D eigenvalue weighted by atomic mass is 19.1. The van der Waals surface area contributed by atoms with Crippen molar-refractivity contribution >= 4 is 5.91 Å². The van der Waals surface area contributed by atoms with Crippen LogP contribution in [0.5, 0.6) is 0 Å². The highest BCUT2D eigenvalue weighted by Gasteiger charge is 2.26. The van der Waals surface area contributed by atoms with Gasteiger partial charge in [-0.2, -0.15) is 5.10 Å². The van der Waals surface area contributed by atoms with Crippen LogP contribution in [0.3, 0.4) is 0 Å². The molecule has 0 aliphatic heterocycles. The molecule has 0 bridgehead atoms. The second-order valence-electron chi connectivity index (χ2n) is 7.64. The molecule has 1 amide bonds. The maximum atomic E-state index is 13.4. The van der Waals surface area contributed by atoms with E-state index >= 15 is 0 Å². The first-order valence-electron chi connectivity index (χ1n) is 10.2. The summed E-state index contributed by atoms with van der Waals surface area (Å²) in [5.41, 5.74) is 2.70. The van der Waals surface area contributed by atoms with Gasteiger partial charge in [0.2, 0.25) is 0 Å². The second kappa shape index (κ2) is 8.99. The molecule has 150 valence electrons. The van der Waals surface area contributed by atoms with Crippen LogP contribution in [0.2, 0.25) is 0 Å². The van der Waals surface area contributed by atoms with Gasteiger partial charge in [-0.1, -0.05) is 43.5 Å². The summed E-state index contributed by atoms with van der Waals surface area (Å²) >= 11 is 0. The molecule has 1 aliphatic carbocycles. The van der Waals surface area contributed by atoms with E-state index in [1.54, 1.807) is 23.1 Å². The smallest absolute Gasteiger partial charge is 0.254 e. The first-order chi connectivity index (χ1) is 14.2. The van der Waals surface area contributed by atoms with Crippen LogP contribution in [0.4, 0.5) is 4.39 Å². The van der Waals surface area contributed by atoms with E-state index in [0.29, 0.717) is 18.7 Å². The molecule has 2 aromatic carbocycles. The Kier molecular flexibility index (Phi) is 5.98. The van der Waals surface area contributed by atoms with E-state index in [2.05, 4.69) is 10.1 Å². The van der Waals surface area contributed by atoms with E-state index in [1.807, 2.05) is 29.2 Å². The lowest BCUT2D eigenvalue weighted by Gasteiger charge is -2.34. The summed E-state index contributed by atoms with van der Waals surface area (Å²) in [6.07, 6.45) is 8.76. The topological polar surface area (TPSA) is 51.0 Å². The van der Waals surface area contributed by atoms with Gasteiger partial charge < -0.3 is 4.90 Å². The molecule has 4 rings (SSSR count). The van der Waals surface area contributed by atoms with Crippen molar-refractivity contribution < 1.29 is 9.18 Å². The van der Waals surface area contributed by atoms with E-state index in [1.165, 1.54) is 24.9 Å². The van der Waals surface area contributed by atoms with Crippen molar-refractivity contribution in [2.45, 2.75) is 51.2 Å². The highest BCUT2D eigenvalue weighted by molar-refractivity contribution is 5.94. The van der Waals surface area contributed by atoms with Gasteiger partial charge in [0.25, 0.3) is 5.91 Å². The molecule has 0 spiro atoms. The van der Waals surface area contributed by atoms with E-state index < -0.39 is 0 Å². The Morgan fingerprint density at radius 3 is 2.34 bits per heavy atom. The van der Waals surface area contributed by atoms with Crippen molar-refractivity contribution in [2.24, 2.45) is 0 Å². The number of rotatable bonds is 6. The van der Waals surface area contributed by atoms with Gasteiger partial charge >= 0.3 is 0 Å². The third kappa shape index (κ3) is 4.88. The normalized spacial score (nSPS) is 14.7. The molecule has 29 heavy (non-hydrogen) atoms. The van der Waals surface area contributed by atoms with Crippen LogP contribution in [0.25, 0.3) is 0 Å². The first kappa shape index (κ1) is 19.3. The number of nitrogens with zero attached hydrogens (tertiary/aromatic N) is 4. The van der Waals surface area contributed by atoms with Crippen LogP contribution < -0.4 is 0 Å². The number of amides is 1. The number of aromatic nitrogens is 3. The minimum absolute atomic E-state index is 0.0357. The average Bonchev–Trinajstić information content (AvgIpc) is 3.27. The standard InChI is InChI=1S/C23H25FN4O/c24-21-12-8-19(9-13-21)15-28(22-4-2-1-3-5-22)23(29)20-10-6-18(7-11-20)14-27-17-25-16-26-27/h6-13,16-17,22H,1-5,14-15H2. The zero-order valence-corrected chi connectivity index (χ0v) is 16.4. The minimum atomic E-state index is -0.257. The van der Waals surface area contributed by atoms with Crippen molar-refractivity contribution in [1.29, 1.82) is 0 Å². The monoisotopic (exact) mass is 392 g/mol. The van der Waals surface area contributed by atoms with E-state index in [0.717, 1.165) is 36.8 Å². The second-order valence-corrected chi connectivity index (χ2v) is 7.64. The lowest BCUT2D eigenvalue weighted by Crippen LogP contribution is -2.41. The molecule has 0 atom stereocenters. The maximum Gasteiger partial charge on any atom is 0.254 e. The Hall–Kier alpha value is -3.02. The van der Waals surface area contributed by atoms with Gasteiger partial charge in [-0.25, -0.2) is 14.1 Å². The first-order valence-corrected chi connectivity index (χ1v) is 10.2. The lowest BCUT2D eigenvalue weighted by molar-refractivity contribution is 0.0614. The van der Waals surface area contributed by atoms with Gasteiger partial charge in [-0.15, -0.1) is 0 Å². The zero-order chi connectivity index (χ0) is 20.1. The molecule has 1 fully saturated rings. The predicted octanol–water partition coefficient (Wildman–Crippen LogP) is 4.44. The van der Waals surface area contributed by atoms with Crippen LogP contribution in [-0.4, -0.2) is 31.6 Å². The Bertz CT molecular complexity index is 917. The number of carbonyl (C=O) groups excluding carboxylic acids is 1. The fourth-order valence-electron chi connectivity index (χ4n) is 3.97. The summed E-state index contributed by atoms with van der Waals surface area (Å²) < 4.78 is 15.0. The largest absolute Gasteiger partial charge is 0.331 e. The van der Waals surface area contributed by atoms with Crippen LogP contribution in [0.15, 0.2) is 61.2 Å². The SMILES string of the molecule is O=C(c1ccc(Cn2cncn2)cc1)N(Cc1ccc(F)cc1)C1CCCCC1. The van der Waals surface area contributed by atoms with Gasteiger partial charge in [-0.3, -0.25) is 4.79 Å². The summed E-state index contributed by atoms with van der Waals surface area (Å²) in [5, 5.41) is 4.12. The molecule has 5 nitrogen and oxygen atoms in total. The minimum Gasteiger partial charge on any atom is -0.331 e. The molecule has 0 radical (unpaired) electrons. The van der Waals surface area contributed by atoms with E-state index in [-0.39, 0.29) is 17.8 Å². The van der Waals surface area contributed by atoms with Crippen molar-refractivity contribution in [2.75, 3.05) is 0 Å². The third-order valence-corrected chi connectivity index (χ3v) is 5.55. The highest BCUT2D eigenvalue weighted by Crippen LogP contribution is 2.26. The zero-order valence-electron chi connectivity index (χ0n) is 16.4. The number of hydrogen-bond acceptors (Lipinski definition) is 3. The maximum absolute atomic E-state index is 13.4. The fourth-order valence-corrected chi connectivity index (χ4v) is 3.97. The van der Waals surface area contributed by atoms with Crippen molar-refractivity contribution in [1.82, 2.24) is 19.7 Å². The summed E-state index contributed by atoms with van der Waals surface area (Å²) in [6, 6.07) is 14.4. The average molecular weight is 392 g/mol. The van der Waals surface area contributed by atoms with Gasteiger partial charge in [0.05, 0.1) is 6.54 Å². The van der Waals surface area contributed by atoms with Crippen molar-refractivity contribution in [3.05, 3.63) is 83.7 Å². The summed E-state index contributed by atoms with van der Waals surface area (Å²) in [7, 11) is 0. The molecule has 1 heterocycles. The van der Waals surface area contributed by atoms with Crippen LogP contribution in [0, 0.1) is 5.82 Å². The van der Waals surface area contributed by atoms with Gasteiger partial charge in [0.1, 0.15) is 18.5 Å². The molecule has 1 aromatic heterocycles. The Morgan fingerprint density at radius 1 is 1.00 bits per heavy atom. The molecule has 0 N–H and O–H groups in total. The van der Waals surface area contributed by atoms with Crippen LogP contribution in [0.1, 0.15) is 53.6 Å². The summed E-state index contributed by atoms with van der Waals surface area (Å²) in [6.45, 7) is 1.13. The molecular weight excluding hydrogens is 367 g/mol. The van der Waals surface area contributed by atoms with Gasteiger partial charge in [-0.05, 0) is 48.2 Å². The molecule has 1 aliphatic rings. The molecule has 6 heteroatoms.